The number of hydrogen-bond donors (Lipinski definition) is 2. The van der Waals surface area contributed by atoms with E-state index < -0.39 is 0 Å². The fraction of sp³-hybridized carbons (Fsp3) is 0.500. The molecule has 1 aliphatic rings. The number of anilines is 1. The zero-order valence-electron chi connectivity index (χ0n) is 11.5. The Morgan fingerprint density at radius 2 is 2.16 bits per heavy atom. The zero-order chi connectivity index (χ0) is 14.0. The van der Waals surface area contributed by atoms with Crippen LogP contribution < -0.4 is 10.6 Å². The molecule has 0 saturated carbocycles. The highest BCUT2D eigenvalue weighted by Gasteiger charge is 2.33. The summed E-state index contributed by atoms with van der Waals surface area (Å²) in [6.45, 7) is 7.69. The molecule has 2 N–H and O–H groups in total. The maximum absolute atomic E-state index is 11.9. The second-order valence-electron chi connectivity index (χ2n) is 5.33. The van der Waals surface area contributed by atoms with Gasteiger partial charge < -0.3 is 15.4 Å². The van der Waals surface area contributed by atoms with Gasteiger partial charge in [-0.1, -0.05) is 6.07 Å². The van der Waals surface area contributed by atoms with Crippen molar-refractivity contribution in [1.82, 2.24) is 5.32 Å². The molecule has 1 aromatic carbocycles. The summed E-state index contributed by atoms with van der Waals surface area (Å²) < 4.78 is 6.51. The van der Waals surface area contributed by atoms with E-state index in [-0.39, 0.29) is 18.1 Å². The van der Waals surface area contributed by atoms with E-state index in [1.54, 1.807) is 0 Å². The molecule has 0 aromatic heterocycles. The van der Waals surface area contributed by atoms with Crippen molar-refractivity contribution in [2.24, 2.45) is 0 Å². The highest BCUT2D eigenvalue weighted by atomic mass is 79.9. The lowest BCUT2D eigenvalue weighted by atomic mass is 10.0. The van der Waals surface area contributed by atoms with Gasteiger partial charge in [-0.2, -0.15) is 0 Å². The van der Waals surface area contributed by atoms with Crippen LogP contribution in [0.4, 0.5) is 5.69 Å². The fourth-order valence-corrected chi connectivity index (χ4v) is 2.84. The molecule has 19 heavy (non-hydrogen) atoms. The number of benzene rings is 1. The number of amides is 1. The summed E-state index contributed by atoms with van der Waals surface area (Å²) in [7, 11) is 0. The van der Waals surface area contributed by atoms with Gasteiger partial charge in [-0.25, -0.2) is 0 Å². The van der Waals surface area contributed by atoms with Crippen LogP contribution in [0, 0.1) is 13.8 Å². The maximum Gasteiger partial charge on any atom is 0.250 e. The summed E-state index contributed by atoms with van der Waals surface area (Å²) >= 11 is 3.48. The Morgan fingerprint density at radius 1 is 1.47 bits per heavy atom. The van der Waals surface area contributed by atoms with Crippen LogP contribution in [0.1, 0.15) is 18.1 Å². The van der Waals surface area contributed by atoms with Crippen molar-refractivity contribution >= 4 is 27.5 Å². The van der Waals surface area contributed by atoms with Gasteiger partial charge in [-0.3, -0.25) is 4.79 Å². The van der Waals surface area contributed by atoms with Gasteiger partial charge in [-0.15, -0.1) is 0 Å². The quantitative estimate of drug-likeness (QED) is 0.893. The molecular weight excluding hydrogens is 308 g/mol. The molecule has 0 aliphatic carbocycles. The Hall–Kier alpha value is -0.910. The summed E-state index contributed by atoms with van der Waals surface area (Å²) in [6.07, 6.45) is 0. The third-order valence-corrected chi connectivity index (χ3v) is 3.87. The van der Waals surface area contributed by atoms with Gasteiger partial charge in [0.25, 0.3) is 0 Å². The molecule has 2 rings (SSSR count). The van der Waals surface area contributed by atoms with Crippen molar-refractivity contribution < 1.29 is 9.53 Å². The van der Waals surface area contributed by atoms with Crippen LogP contribution >= 0.6 is 15.9 Å². The molecule has 5 heteroatoms. The summed E-state index contributed by atoms with van der Waals surface area (Å²) in [5, 5.41) is 6.03. The summed E-state index contributed by atoms with van der Waals surface area (Å²) in [5.41, 5.74) is 2.82. The predicted octanol–water partition coefficient (Wildman–Crippen LogP) is 2.38. The fourth-order valence-electron chi connectivity index (χ4n) is 2.07. The molecule has 1 aromatic rings. The number of carbonyl (C=O) groups excluding carboxylic acids is 1. The Balaban J connectivity index is 1.95. The van der Waals surface area contributed by atoms with Crippen LogP contribution in [-0.4, -0.2) is 31.2 Å². The van der Waals surface area contributed by atoms with Crippen molar-refractivity contribution in [3.8, 4) is 0 Å². The molecule has 0 unspecified atom stereocenters. The molecule has 4 nitrogen and oxygen atoms in total. The van der Waals surface area contributed by atoms with Crippen LogP contribution in [0.2, 0.25) is 0 Å². The summed E-state index contributed by atoms with van der Waals surface area (Å²) in [6, 6.07) is 4.03. The van der Waals surface area contributed by atoms with Crippen LogP contribution in [0.5, 0.6) is 0 Å². The van der Waals surface area contributed by atoms with Crippen LogP contribution in [-0.2, 0) is 9.53 Å². The van der Waals surface area contributed by atoms with E-state index in [2.05, 4.69) is 26.6 Å². The Bertz CT molecular complexity index is 475. The van der Waals surface area contributed by atoms with E-state index in [0.717, 1.165) is 34.4 Å². The minimum atomic E-state index is -0.198. The molecular formula is C14H19BrN2O2. The van der Waals surface area contributed by atoms with Crippen molar-refractivity contribution in [2.75, 3.05) is 25.0 Å². The van der Waals surface area contributed by atoms with Crippen molar-refractivity contribution in [2.45, 2.75) is 26.4 Å². The van der Waals surface area contributed by atoms with Crippen LogP contribution in [0.15, 0.2) is 16.6 Å². The van der Waals surface area contributed by atoms with E-state index >= 15 is 0 Å². The third-order valence-electron chi connectivity index (χ3n) is 3.25. The first-order valence-corrected chi connectivity index (χ1v) is 7.10. The van der Waals surface area contributed by atoms with Gasteiger partial charge in [0.2, 0.25) is 5.91 Å². The largest absolute Gasteiger partial charge is 0.363 e. The molecule has 1 aliphatic heterocycles. The smallest absolute Gasteiger partial charge is 0.250 e. The average Bonchev–Trinajstić information content (AvgIpc) is 2.28. The first kappa shape index (κ1) is 14.5. The lowest BCUT2D eigenvalue weighted by Crippen LogP contribution is -2.59. The molecule has 104 valence electrons. The van der Waals surface area contributed by atoms with Crippen molar-refractivity contribution in [3.63, 3.8) is 0 Å². The minimum absolute atomic E-state index is 0.0813. The van der Waals surface area contributed by atoms with Crippen LogP contribution in [0.3, 0.4) is 0 Å². The van der Waals surface area contributed by atoms with Gasteiger partial charge in [0.1, 0.15) is 6.61 Å². The number of halogens is 1. The number of aryl methyl sites for hydroxylation is 2. The first-order valence-electron chi connectivity index (χ1n) is 6.31. The topological polar surface area (TPSA) is 50.4 Å². The van der Waals surface area contributed by atoms with E-state index in [0.29, 0.717) is 0 Å². The van der Waals surface area contributed by atoms with Crippen molar-refractivity contribution in [3.05, 3.63) is 27.7 Å². The SMILES string of the molecule is Cc1cc(C)c(NC(=O)COC2(C)CNC2)c(Br)c1. The minimum Gasteiger partial charge on any atom is -0.363 e. The maximum atomic E-state index is 11.9. The molecule has 0 radical (unpaired) electrons. The molecule has 0 bridgehead atoms. The summed E-state index contributed by atoms with van der Waals surface area (Å²) in [5.74, 6) is -0.124. The molecule has 1 saturated heterocycles. The Labute approximate surface area is 122 Å². The highest BCUT2D eigenvalue weighted by molar-refractivity contribution is 9.10. The number of hydrogen-bond acceptors (Lipinski definition) is 3. The van der Waals surface area contributed by atoms with E-state index in [1.807, 2.05) is 32.9 Å². The third kappa shape index (κ3) is 3.55. The van der Waals surface area contributed by atoms with E-state index in [4.69, 9.17) is 4.74 Å². The molecule has 1 fully saturated rings. The number of nitrogens with one attached hydrogen (secondary N) is 2. The monoisotopic (exact) mass is 326 g/mol. The van der Waals surface area contributed by atoms with Gasteiger partial charge in [0, 0.05) is 17.6 Å². The normalized spacial score (nSPS) is 16.8. The Kier molecular flexibility index (Phi) is 4.28. The zero-order valence-corrected chi connectivity index (χ0v) is 13.1. The van der Waals surface area contributed by atoms with Gasteiger partial charge >= 0.3 is 0 Å². The van der Waals surface area contributed by atoms with E-state index in [9.17, 15) is 4.79 Å². The predicted molar refractivity (Wildman–Crippen MR) is 79.5 cm³/mol. The molecule has 1 heterocycles. The van der Waals surface area contributed by atoms with Gasteiger partial charge in [0.05, 0.1) is 11.3 Å². The molecule has 0 spiro atoms. The average molecular weight is 327 g/mol. The number of rotatable bonds is 4. The highest BCUT2D eigenvalue weighted by Crippen LogP contribution is 2.27. The summed E-state index contributed by atoms with van der Waals surface area (Å²) in [4.78, 5) is 11.9. The first-order chi connectivity index (χ1) is 8.89. The van der Waals surface area contributed by atoms with Gasteiger partial charge in [-0.05, 0) is 53.9 Å². The lowest BCUT2D eigenvalue weighted by Gasteiger charge is -2.38. The number of carbonyl (C=O) groups is 1. The second kappa shape index (κ2) is 5.61. The van der Waals surface area contributed by atoms with Crippen molar-refractivity contribution in [1.29, 1.82) is 0 Å². The molecule has 1 amide bonds. The molecule has 0 atom stereocenters. The van der Waals surface area contributed by atoms with Crippen LogP contribution in [0.25, 0.3) is 0 Å². The Morgan fingerprint density at radius 3 is 2.68 bits per heavy atom. The number of ether oxygens (including phenoxy) is 1. The lowest BCUT2D eigenvalue weighted by molar-refractivity contribution is -0.130. The standard InChI is InChI=1S/C14H19BrN2O2/c1-9-4-10(2)13(11(15)5-9)17-12(18)6-19-14(3)7-16-8-14/h4-5,16H,6-8H2,1-3H3,(H,17,18). The second-order valence-corrected chi connectivity index (χ2v) is 6.18. The van der Waals surface area contributed by atoms with Gasteiger partial charge in [0.15, 0.2) is 0 Å². The van der Waals surface area contributed by atoms with E-state index in [1.165, 1.54) is 0 Å².